The molecule has 0 N–H and O–H groups in total. The third-order valence-electron chi connectivity index (χ3n) is 5.39. The molecule has 29 heavy (non-hydrogen) atoms. The van der Waals surface area contributed by atoms with Gasteiger partial charge in [-0.15, -0.1) is 0 Å². The summed E-state index contributed by atoms with van der Waals surface area (Å²) in [5.74, 6) is -0.862. The lowest BCUT2D eigenvalue weighted by atomic mass is 9.94. The van der Waals surface area contributed by atoms with Crippen molar-refractivity contribution in [3.8, 4) is 0 Å². The molecule has 0 saturated carbocycles. The van der Waals surface area contributed by atoms with Crippen LogP contribution in [0.25, 0.3) is 0 Å². The molecule has 0 bridgehead atoms. The molecule has 2 aliphatic heterocycles. The van der Waals surface area contributed by atoms with Gasteiger partial charge in [0.05, 0.1) is 17.6 Å². The first-order chi connectivity index (χ1) is 14.1. The second-order valence-corrected chi connectivity index (χ2v) is 7.55. The lowest BCUT2D eigenvalue weighted by Crippen LogP contribution is -2.37. The molecular formula is C22H17ClN2O4. The van der Waals surface area contributed by atoms with Crippen LogP contribution in [0.1, 0.15) is 17.4 Å². The number of anilines is 2. The first kappa shape index (κ1) is 18.0. The molecule has 0 unspecified atom stereocenters. The molecule has 2 fully saturated rings. The largest absolute Gasteiger partial charge is 0.467 e. The molecule has 2 aromatic carbocycles. The quantitative estimate of drug-likeness (QED) is 0.605. The lowest BCUT2D eigenvalue weighted by Gasteiger charge is -2.28. The number of halogens is 1. The minimum atomic E-state index is -0.923. The number of hydrogen-bond donors (Lipinski definition) is 0. The number of furan rings is 1. The number of hydroxylamine groups is 1. The van der Waals surface area contributed by atoms with Gasteiger partial charge in [0.15, 0.2) is 6.10 Å². The van der Waals surface area contributed by atoms with Crippen LogP contribution in [-0.2, 0) is 14.4 Å². The Hall–Kier alpha value is -3.09. The van der Waals surface area contributed by atoms with Crippen molar-refractivity contribution in [2.75, 3.05) is 9.96 Å². The Morgan fingerprint density at radius 3 is 2.38 bits per heavy atom. The van der Waals surface area contributed by atoms with Crippen molar-refractivity contribution in [1.82, 2.24) is 0 Å². The fourth-order valence-electron chi connectivity index (χ4n) is 4.03. The zero-order valence-electron chi connectivity index (χ0n) is 15.5. The molecule has 146 valence electrons. The predicted octanol–water partition coefficient (Wildman–Crippen LogP) is 4.29. The molecule has 7 heteroatoms. The Kier molecular flexibility index (Phi) is 4.19. The van der Waals surface area contributed by atoms with Gasteiger partial charge >= 0.3 is 0 Å². The molecule has 3 atom stereocenters. The number of rotatable bonds is 3. The van der Waals surface area contributed by atoms with E-state index in [2.05, 4.69) is 0 Å². The van der Waals surface area contributed by atoms with Crippen LogP contribution in [-0.4, -0.2) is 17.9 Å². The summed E-state index contributed by atoms with van der Waals surface area (Å²) in [6.07, 6.45) is 0.629. The number of imide groups is 1. The topological polar surface area (TPSA) is 63.0 Å². The third-order valence-corrected chi connectivity index (χ3v) is 5.64. The number of amides is 2. The van der Waals surface area contributed by atoms with Crippen molar-refractivity contribution in [2.24, 2.45) is 5.92 Å². The average molecular weight is 409 g/mol. The van der Waals surface area contributed by atoms with E-state index in [1.54, 1.807) is 47.7 Å². The van der Waals surface area contributed by atoms with Gasteiger partial charge in [-0.3, -0.25) is 14.4 Å². The average Bonchev–Trinajstić information content (AvgIpc) is 3.41. The van der Waals surface area contributed by atoms with E-state index in [0.717, 1.165) is 11.3 Å². The molecule has 2 amide bonds. The molecule has 2 saturated heterocycles. The number of carbonyl (C=O) groups is 2. The summed E-state index contributed by atoms with van der Waals surface area (Å²) in [6.45, 7) is 1.95. The first-order valence-corrected chi connectivity index (χ1v) is 9.62. The highest BCUT2D eigenvalue weighted by Crippen LogP contribution is 2.48. The van der Waals surface area contributed by atoms with Gasteiger partial charge < -0.3 is 4.42 Å². The van der Waals surface area contributed by atoms with Gasteiger partial charge in [-0.25, -0.2) is 9.96 Å². The second-order valence-electron chi connectivity index (χ2n) is 7.11. The molecule has 6 nitrogen and oxygen atoms in total. The van der Waals surface area contributed by atoms with Gasteiger partial charge in [0.25, 0.3) is 5.91 Å². The Morgan fingerprint density at radius 2 is 1.69 bits per heavy atom. The number of fused-ring (bicyclic) bond motifs is 1. The summed E-state index contributed by atoms with van der Waals surface area (Å²) in [7, 11) is 0. The summed E-state index contributed by atoms with van der Waals surface area (Å²) in [5.41, 5.74) is 2.24. The highest BCUT2D eigenvalue weighted by Gasteiger charge is 2.61. The van der Waals surface area contributed by atoms with Gasteiger partial charge in [0, 0.05) is 5.02 Å². The van der Waals surface area contributed by atoms with E-state index >= 15 is 0 Å². The van der Waals surface area contributed by atoms with E-state index in [1.807, 2.05) is 31.2 Å². The second kappa shape index (κ2) is 6.76. The van der Waals surface area contributed by atoms with Crippen molar-refractivity contribution in [3.63, 3.8) is 0 Å². The Morgan fingerprint density at radius 1 is 0.931 bits per heavy atom. The van der Waals surface area contributed by atoms with Crippen LogP contribution in [0.3, 0.4) is 0 Å². The van der Waals surface area contributed by atoms with Crippen molar-refractivity contribution in [1.29, 1.82) is 0 Å². The number of carbonyl (C=O) groups excluding carboxylic acids is 2. The molecule has 5 rings (SSSR count). The van der Waals surface area contributed by atoms with Crippen LogP contribution in [0, 0.1) is 12.8 Å². The standard InChI is InChI=1S/C22H17ClN2O4/c1-13-5-2-3-6-16(13)25-19(17-7-4-12-28-17)18-20(29-25)22(27)24(21(18)26)15-10-8-14(23)9-11-15/h2-12,18-20H,1H3/t18-,19+,20+/m1/s1. The smallest absolute Gasteiger partial charge is 0.266 e. The fraction of sp³-hybridized carbons (Fsp3) is 0.182. The van der Waals surface area contributed by atoms with Crippen LogP contribution >= 0.6 is 11.6 Å². The fourth-order valence-corrected chi connectivity index (χ4v) is 4.15. The number of nitrogens with zero attached hydrogens (tertiary/aromatic N) is 2. The van der Waals surface area contributed by atoms with Gasteiger partial charge in [-0.2, -0.15) is 0 Å². The first-order valence-electron chi connectivity index (χ1n) is 9.24. The van der Waals surface area contributed by atoms with E-state index in [-0.39, 0.29) is 5.91 Å². The van der Waals surface area contributed by atoms with Crippen molar-refractivity contribution in [3.05, 3.63) is 83.3 Å². The molecule has 3 heterocycles. The SMILES string of the molecule is Cc1ccccc1N1O[C@@H]2C(=O)N(c3ccc(Cl)cc3)C(=O)[C@@H]2[C@@H]1c1ccco1. The molecular weight excluding hydrogens is 392 g/mol. The molecule has 2 aliphatic rings. The predicted molar refractivity (Wildman–Crippen MR) is 107 cm³/mol. The van der Waals surface area contributed by atoms with Crippen molar-refractivity contribution >= 4 is 34.8 Å². The number of benzene rings is 2. The van der Waals surface area contributed by atoms with Crippen molar-refractivity contribution < 1.29 is 18.8 Å². The van der Waals surface area contributed by atoms with E-state index in [0.29, 0.717) is 16.5 Å². The summed E-state index contributed by atoms with van der Waals surface area (Å²) in [5, 5.41) is 2.17. The minimum absolute atomic E-state index is 0.320. The zero-order chi connectivity index (χ0) is 20.1. The summed E-state index contributed by atoms with van der Waals surface area (Å²) in [4.78, 5) is 33.8. The maximum Gasteiger partial charge on any atom is 0.266 e. The van der Waals surface area contributed by atoms with Crippen LogP contribution in [0.15, 0.2) is 71.3 Å². The van der Waals surface area contributed by atoms with E-state index < -0.39 is 24.0 Å². The summed E-state index contributed by atoms with van der Waals surface area (Å²) in [6, 6.07) is 17.3. The number of aryl methyl sites for hydroxylation is 1. The van der Waals surface area contributed by atoms with Crippen LogP contribution in [0.5, 0.6) is 0 Å². The van der Waals surface area contributed by atoms with Crippen LogP contribution in [0.4, 0.5) is 11.4 Å². The molecule has 1 aromatic heterocycles. The Bertz CT molecular complexity index is 1080. The molecule has 0 aliphatic carbocycles. The Balaban J connectivity index is 1.58. The van der Waals surface area contributed by atoms with Gasteiger partial charge in [-0.1, -0.05) is 29.8 Å². The monoisotopic (exact) mass is 408 g/mol. The highest BCUT2D eigenvalue weighted by atomic mass is 35.5. The summed E-state index contributed by atoms with van der Waals surface area (Å²) < 4.78 is 5.64. The summed E-state index contributed by atoms with van der Waals surface area (Å²) >= 11 is 5.95. The van der Waals surface area contributed by atoms with Crippen molar-refractivity contribution in [2.45, 2.75) is 19.1 Å². The number of para-hydroxylation sites is 1. The van der Waals surface area contributed by atoms with Gasteiger partial charge in [0.1, 0.15) is 17.7 Å². The molecule has 0 radical (unpaired) electrons. The van der Waals surface area contributed by atoms with E-state index in [4.69, 9.17) is 20.9 Å². The van der Waals surface area contributed by atoms with E-state index in [9.17, 15) is 9.59 Å². The van der Waals surface area contributed by atoms with Crippen LogP contribution < -0.4 is 9.96 Å². The lowest BCUT2D eigenvalue weighted by molar-refractivity contribution is -0.126. The minimum Gasteiger partial charge on any atom is -0.467 e. The third kappa shape index (κ3) is 2.75. The molecule has 0 spiro atoms. The maximum atomic E-state index is 13.4. The Labute approximate surface area is 172 Å². The van der Waals surface area contributed by atoms with Crippen LogP contribution in [0.2, 0.25) is 5.02 Å². The van der Waals surface area contributed by atoms with E-state index in [1.165, 1.54) is 4.90 Å². The van der Waals surface area contributed by atoms with Gasteiger partial charge in [-0.05, 0) is 55.0 Å². The number of hydrogen-bond acceptors (Lipinski definition) is 5. The zero-order valence-corrected chi connectivity index (χ0v) is 16.2. The maximum absolute atomic E-state index is 13.4. The highest BCUT2D eigenvalue weighted by molar-refractivity contribution is 6.31. The normalized spacial score (nSPS) is 23.7. The molecule has 3 aromatic rings. The van der Waals surface area contributed by atoms with Gasteiger partial charge in [0.2, 0.25) is 5.91 Å².